The quantitative estimate of drug-likeness (QED) is 0.756. The van der Waals surface area contributed by atoms with E-state index in [9.17, 15) is 13.2 Å². The first kappa shape index (κ1) is 17.8. The second kappa shape index (κ2) is 6.83. The fourth-order valence-corrected chi connectivity index (χ4v) is 5.41. The lowest BCUT2D eigenvalue weighted by Gasteiger charge is -2.38. The molecule has 0 spiro atoms. The molecule has 1 amide bonds. The van der Waals surface area contributed by atoms with Crippen molar-refractivity contribution in [3.05, 3.63) is 66.4 Å². The Hall–Kier alpha value is -2.64. The zero-order valence-electron chi connectivity index (χ0n) is 15.0. The Kier molecular flexibility index (Phi) is 4.49. The van der Waals surface area contributed by atoms with Gasteiger partial charge in [-0.25, -0.2) is 8.42 Å². The molecule has 6 nitrogen and oxygen atoms in total. The van der Waals surface area contributed by atoms with Crippen LogP contribution in [0.15, 0.2) is 65.7 Å². The number of nitrogens with one attached hydrogen (secondary N) is 1. The van der Waals surface area contributed by atoms with E-state index in [0.29, 0.717) is 24.0 Å². The maximum atomic E-state index is 13.2. The van der Waals surface area contributed by atoms with Crippen LogP contribution in [-0.2, 0) is 10.0 Å². The number of H-pyrrole nitrogens is 1. The van der Waals surface area contributed by atoms with Gasteiger partial charge < -0.3 is 9.88 Å². The minimum Gasteiger partial charge on any atom is -0.360 e. The minimum absolute atomic E-state index is 0.0633. The van der Waals surface area contributed by atoms with Crippen LogP contribution in [0.5, 0.6) is 0 Å². The molecule has 0 bridgehead atoms. The molecule has 7 heteroatoms. The monoisotopic (exact) mass is 383 g/mol. The number of carbonyl (C=O) groups is 1. The van der Waals surface area contributed by atoms with Crippen molar-refractivity contribution in [3.8, 4) is 0 Å². The van der Waals surface area contributed by atoms with E-state index in [0.717, 1.165) is 5.52 Å². The fourth-order valence-electron chi connectivity index (χ4n) is 3.63. The van der Waals surface area contributed by atoms with Crippen LogP contribution >= 0.6 is 0 Å². The van der Waals surface area contributed by atoms with Crippen LogP contribution in [0, 0.1) is 0 Å². The number of fused-ring (bicyclic) bond motifs is 1. The highest BCUT2D eigenvalue weighted by molar-refractivity contribution is 7.89. The molecule has 1 atom stereocenters. The highest BCUT2D eigenvalue weighted by atomic mass is 32.2. The third-order valence-electron chi connectivity index (χ3n) is 5.01. The third kappa shape index (κ3) is 3.13. The Morgan fingerprint density at radius 2 is 1.74 bits per heavy atom. The fraction of sp³-hybridized carbons (Fsp3) is 0.250. The minimum atomic E-state index is -3.64. The van der Waals surface area contributed by atoms with Crippen molar-refractivity contribution in [3.63, 3.8) is 0 Å². The van der Waals surface area contributed by atoms with E-state index in [1.54, 1.807) is 29.3 Å². The molecule has 0 radical (unpaired) electrons. The third-order valence-corrected chi connectivity index (χ3v) is 7.07. The van der Waals surface area contributed by atoms with E-state index < -0.39 is 10.0 Å². The van der Waals surface area contributed by atoms with E-state index >= 15 is 0 Å². The maximum Gasteiger partial charge on any atom is 0.253 e. The number of sulfonamides is 1. The van der Waals surface area contributed by atoms with Crippen molar-refractivity contribution < 1.29 is 13.2 Å². The summed E-state index contributed by atoms with van der Waals surface area (Å²) in [5, 5.41) is 0.687. The van der Waals surface area contributed by atoms with Gasteiger partial charge in [-0.05, 0) is 25.1 Å². The average molecular weight is 383 g/mol. The summed E-state index contributed by atoms with van der Waals surface area (Å²) >= 11 is 0. The molecule has 4 rings (SSSR count). The standard InChI is InChI=1S/C20H21N3O3S/c1-15-14-22(20(24)16-7-3-2-4-8-16)11-12-23(15)27(25,26)19-13-21-18-10-6-5-9-17(18)19/h2-10,13,15,21H,11-12,14H2,1H3/t15-/m0/s1. The number of carbonyl (C=O) groups excluding carboxylic acids is 1. The Balaban J connectivity index is 1.57. The molecule has 0 saturated carbocycles. The number of amides is 1. The summed E-state index contributed by atoms with van der Waals surface area (Å²) in [5.41, 5.74) is 1.42. The van der Waals surface area contributed by atoms with Gasteiger partial charge in [0, 0.05) is 48.3 Å². The topological polar surface area (TPSA) is 73.5 Å². The first-order chi connectivity index (χ1) is 13.0. The summed E-state index contributed by atoms with van der Waals surface area (Å²) in [4.78, 5) is 17.7. The first-order valence-electron chi connectivity index (χ1n) is 8.91. The lowest BCUT2D eigenvalue weighted by Crippen LogP contribution is -2.55. The summed E-state index contributed by atoms with van der Waals surface area (Å²) in [6, 6.07) is 16.1. The predicted octanol–water partition coefficient (Wildman–Crippen LogP) is 2.70. The van der Waals surface area contributed by atoms with Gasteiger partial charge in [0.1, 0.15) is 4.90 Å². The molecule has 1 N–H and O–H groups in total. The van der Waals surface area contributed by atoms with E-state index in [2.05, 4.69) is 4.98 Å². The summed E-state index contributed by atoms with van der Waals surface area (Å²) in [5.74, 6) is -0.0633. The van der Waals surface area contributed by atoms with Crippen LogP contribution in [0.4, 0.5) is 0 Å². The Morgan fingerprint density at radius 3 is 2.48 bits per heavy atom. The second-order valence-corrected chi connectivity index (χ2v) is 8.64. The zero-order valence-corrected chi connectivity index (χ0v) is 15.8. The number of aromatic amines is 1. The molecule has 1 fully saturated rings. The van der Waals surface area contributed by atoms with Crippen LogP contribution in [0.25, 0.3) is 10.9 Å². The van der Waals surface area contributed by atoms with Crippen molar-refractivity contribution in [1.82, 2.24) is 14.2 Å². The highest BCUT2D eigenvalue weighted by Crippen LogP contribution is 2.28. The average Bonchev–Trinajstić information content (AvgIpc) is 3.13. The lowest BCUT2D eigenvalue weighted by molar-refractivity contribution is 0.0642. The van der Waals surface area contributed by atoms with Crippen LogP contribution < -0.4 is 0 Å². The van der Waals surface area contributed by atoms with Gasteiger partial charge in [0.25, 0.3) is 5.91 Å². The van der Waals surface area contributed by atoms with E-state index in [4.69, 9.17) is 0 Å². The number of nitrogens with zero attached hydrogens (tertiary/aromatic N) is 2. The largest absolute Gasteiger partial charge is 0.360 e. The van der Waals surface area contributed by atoms with E-state index in [1.807, 2.05) is 43.3 Å². The molecule has 2 heterocycles. The number of benzene rings is 2. The van der Waals surface area contributed by atoms with Crippen molar-refractivity contribution in [1.29, 1.82) is 0 Å². The molecule has 2 aromatic carbocycles. The zero-order chi connectivity index (χ0) is 19.0. The van der Waals surface area contributed by atoms with Gasteiger partial charge in [-0.3, -0.25) is 4.79 Å². The number of piperazine rings is 1. The predicted molar refractivity (Wildman–Crippen MR) is 104 cm³/mol. The van der Waals surface area contributed by atoms with Crippen molar-refractivity contribution in [2.45, 2.75) is 17.9 Å². The van der Waals surface area contributed by atoms with Crippen LogP contribution in [-0.4, -0.2) is 54.2 Å². The van der Waals surface area contributed by atoms with Gasteiger partial charge in [-0.1, -0.05) is 36.4 Å². The molecular formula is C20H21N3O3S. The summed E-state index contributed by atoms with van der Waals surface area (Å²) < 4.78 is 27.9. The van der Waals surface area contributed by atoms with Gasteiger partial charge in [-0.2, -0.15) is 4.31 Å². The molecule has 3 aromatic rings. The maximum absolute atomic E-state index is 13.2. The number of hydrogen-bond donors (Lipinski definition) is 1. The number of para-hydroxylation sites is 1. The Morgan fingerprint density at radius 1 is 1.04 bits per heavy atom. The Bertz CT molecular complexity index is 1080. The molecule has 0 aliphatic carbocycles. The molecule has 1 aliphatic rings. The van der Waals surface area contributed by atoms with Crippen LogP contribution in [0.1, 0.15) is 17.3 Å². The SMILES string of the molecule is C[C@H]1CN(C(=O)c2ccccc2)CCN1S(=O)(=O)c1c[nH]c2ccccc12. The highest BCUT2D eigenvalue weighted by Gasteiger charge is 2.36. The van der Waals surface area contributed by atoms with Gasteiger partial charge in [0.05, 0.1) is 0 Å². The Labute approximate surface area is 158 Å². The smallest absolute Gasteiger partial charge is 0.253 e. The molecule has 1 aromatic heterocycles. The van der Waals surface area contributed by atoms with Crippen LogP contribution in [0.3, 0.4) is 0 Å². The molecule has 0 unspecified atom stereocenters. The van der Waals surface area contributed by atoms with Gasteiger partial charge >= 0.3 is 0 Å². The summed E-state index contributed by atoms with van der Waals surface area (Å²) in [6.07, 6.45) is 1.55. The number of rotatable bonds is 3. The van der Waals surface area contributed by atoms with Crippen molar-refractivity contribution in [2.75, 3.05) is 19.6 Å². The van der Waals surface area contributed by atoms with E-state index in [-0.39, 0.29) is 23.4 Å². The first-order valence-corrected chi connectivity index (χ1v) is 10.3. The normalized spacial score (nSPS) is 18.7. The summed E-state index contributed by atoms with van der Waals surface area (Å²) in [6.45, 7) is 2.87. The molecular weight excluding hydrogens is 362 g/mol. The van der Waals surface area contributed by atoms with Gasteiger partial charge in [0.15, 0.2) is 0 Å². The van der Waals surface area contributed by atoms with Crippen molar-refractivity contribution in [2.24, 2.45) is 0 Å². The van der Waals surface area contributed by atoms with Gasteiger partial charge in [-0.15, -0.1) is 0 Å². The van der Waals surface area contributed by atoms with Crippen LogP contribution in [0.2, 0.25) is 0 Å². The lowest BCUT2D eigenvalue weighted by atomic mass is 10.1. The van der Waals surface area contributed by atoms with E-state index in [1.165, 1.54) is 4.31 Å². The van der Waals surface area contributed by atoms with Gasteiger partial charge in [0.2, 0.25) is 10.0 Å². The molecule has 1 aliphatic heterocycles. The molecule has 27 heavy (non-hydrogen) atoms. The second-order valence-electron chi connectivity index (χ2n) is 6.78. The molecule has 1 saturated heterocycles. The van der Waals surface area contributed by atoms with Crippen molar-refractivity contribution >= 4 is 26.8 Å². The molecule has 140 valence electrons. The number of aromatic nitrogens is 1. The number of hydrogen-bond acceptors (Lipinski definition) is 3. The summed E-state index contributed by atoms with van der Waals surface area (Å²) in [7, 11) is -3.64.